The van der Waals surface area contributed by atoms with Gasteiger partial charge < -0.3 is 14.4 Å². The van der Waals surface area contributed by atoms with E-state index >= 15 is 0 Å². The van der Waals surface area contributed by atoms with Gasteiger partial charge in [-0.2, -0.15) is 5.10 Å². The zero-order chi connectivity index (χ0) is 17.8. The summed E-state index contributed by atoms with van der Waals surface area (Å²) in [5.41, 5.74) is 1.92. The predicted octanol–water partition coefficient (Wildman–Crippen LogP) is 2.77. The molecule has 138 valence electrons. The highest BCUT2D eigenvalue weighted by Crippen LogP contribution is 2.41. The number of hydrogen-bond donors (Lipinski definition) is 0. The maximum atomic E-state index is 6.13. The number of anilines is 1. The second-order valence-electron chi connectivity index (χ2n) is 7.38. The number of hydrogen-bond acceptors (Lipinski definition) is 6. The third kappa shape index (κ3) is 3.71. The number of aryl methyl sites for hydroxylation is 1. The van der Waals surface area contributed by atoms with Gasteiger partial charge in [0.2, 0.25) is 0 Å². The Kier molecular flexibility index (Phi) is 5.13. The molecule has 0 radical (unpaired) electrons. The second-order valence-corrected chi connectivity index (χ2v) is 7.38. The average Bonchev–Trinajstić information content (AvgIpc) is 2.69. The summed E-state index contributed by atoms with van der Waals surface area (Å²) in [4.78, 5) is 6.68. The van der Waals surface area contributed by atoms with E-state index < -0.39 is 0 Å². The van der Waals surface area contributed by atoms with E-state index in [4.69, 9.17) is 9.47 Å². The minimum atomic E-state index is 0.0118. The van der Waals surface area contributed by atoms with E-state index in [1.54, 1.807) is 0 Å². The molecule has 0 saturated carbocycles. The Morgan fingerprint density at radius 2 is 2.23 bits per heavy atom. The monoisotopic (exact) mass is 354 g/mol. The molecule has 0 amide bonds. The molecule has 0 N–H and O–H groups in total. The molecule has 0 spiro atoms. The van der Waals surface area contributed by atoms with Gasteiger partial charge in [-0.05, 0) is 50.5 Å². The van der Waals surface area contributed by atoms with Gasteiger partial charge in [0.05, 0.1) is 30.7 Å². The third-order valence-electron chi connectivity index (χ3n) is 5.46. The summed E-state index contributed by atoms with van der Waals surface area (Å²) in [5, 5.41) is 8.60. The van der Waals surface area contributed by atoms with E-state index in [1.807, 2.05) is 37.4 Å². The fourth-order valence-electron chi connectivity index (χ4n) is 4.10. The van der Waals surface area contributed by atoms with Crippen LogP contribution in [-0.2, 0) is 16.1 Å². The SMILES string of the molecule is Cc1ccc(N2CC[C@@H]3OCCC[C@]3(COCc3ccccn3)C2)nn1. The topological polar surface area (TPSA) is 60.4 Å². The summed E-state index contributed by atoms with van der Waals surface area (Å²) in [6, 6.07) is 10.0. The Hall–Kier alpha value is -2.05. The number of pyridine rings is 1. The number of ether oxygens (including phenoxy) is 2. The van der Waals surface area contributed by atoms with E-state index in [0.717, 1.165) is 56.2 Å². The van der Waals surface area contributed by atoms with Crippen LogP contribution in [0.15, 0.2) is 36.5 Å². The molecule has 0 bridgehead atoms. The molecule has 2 fully saturated rings. The third-order valence-corrected chi connectivity index (χ3v) is 5.46. The zero-order valence-corrected chi connectivity index (χ0v) is 15.3. The molecule has 4 heterocycles. The molecule has 2 aromatic rings. The lowest BCUT2D eigenvalue weighted by Gasteiger charge is -2.50. The van der Waals surface area contributed by atoms with Crippen molar-refractivity contribution in [1.82, 2.24) is 15.2 Å². The first kappa shape index (κ1) is 17.4. The van der Waals surface area contributed by atoms with Gasteiger partial charge in [-0.15, -0.1) is 5.10 Å². The van der Waals surface area contributed by atoms with Crippen LogP contribution in [0, 0.1) is 12.3 Å². The van der Waals surface area contributed by atoms with Crippen LogP contribution < -0.4 is 4.90 Å². The van der Waals surface area contributed by atoms with Gasteiger partial charge in [-0.1, -0.05) is 6.07 Å². The minimum absolute atomic E-state index is 0.0118. The first-order valence-electron chi connectivity index (χ1n) is 9.40. The second kappa shape index (κ2) is 7.68. The quantitative estimate of drug-likeness (QED) is 0.823. The molecule has 0 unspecified atom stereocenters. The van der Waals surface area contributed by atoms with Crippen LogP contribution in [0.3, 0.4) is 0 Å². The summed E-state index contributed by atoms with van der Waals surface area (Å²) >= 11 is 0. The van der Waals surface area contributed by atoms with E-state index in [2.05, 4.69) is 26.1 Å². The molecule has 6 heteroatoms. The minimum Gasteiger partial charge on any atom is -0.377 e. The zero-order valence-electron chi connectivity index (χ0n) is 15.3. The normalized spacial score (nSPS) is 25.7. The lowest BCUT2D eigenvalue weighted by atomic mass is 9.73. The first-order chi connectivity index (χ1) is 12.8. The summed E-state index contributed by atoms with van der Waals surface area (Å²) in [6.45, 7) is 5.90. The summed E-state index contributed by atoms with van der Waals surface area (Å²) in [7, 11) is 0. The van der Waals surface area contributed by atoms with Gasteiger partial charge >= 0.3 is 0 Å². The molecule has 2 aliphatic rings. The standard InChI is InChI=1S/C20H26N4O2/c1-16-6-7-19(23-22-16)24-11-8-18-20(14-24,9-4-12-26-18)15-25-13-17-5-2-3-10-21-17/h2-3,5-7,10,18H,4,8-9,11-15H2,1H3/t18-,20+/m0/s1. The molecule has 0 aromatic carbocycles. The molecule has 4 rings (SSSR count). The number of nitrogens with zero attached hydrogens (tertiary/aromatic N) is 4. The van der Waals surface area contributed by atoms with Crippen LogP contribution >= 0.6 is 0 Å². The van der Waals surface area contributed by atoms with Crippen LogP contribution in [0.2, 0.25) is 0 Å². The van der Waals surface area contributed by atoms with Gasteiger partial charge in [0.25, 0.3) is 0 Å². The predicted molar refractivity (Wildman–Crippen MR) is 98.9 cm³/mol. The van der Waals surface area contributed by atoms with Gasteiger partial charge in [-0.25, -0.2) is 0 Å². The van der Waals surface area contributed by atoms with Gasteiger partial charge in [-0.3, -0.25) is 4.98 Å². The smallest absolute Gasteiger partial charge is 0.151 e. The lowest BCUT2D eigenvalue weighted by Crippen LogP contribution is -2.57. The maximum absolute atomic E-state index is 6.13. The fourth-order valence-corrected chi connectivity index (χ4v) is 4.10. The van der Waals surface area contributed by atoms with Crippen molar-refractivity contribution in [1.29, 1.82) is 0 Å². The first-order valence-corrected chi connectivity index (χ1v) is 9.40. The molecule has 26 heavy (non-hydrogen) atoms. The highest BCUT2D eigenvalue weighted by atomic mass is 16.5. The Balaban J connectivity index is 1.46. The van der Waals surface area contributed by atoms with Crippen molar-refractivity contribution in [3.05, 3.63) is 47.9 Å². The number of piperidine rings is 1. The van der Waals surface area contributed by atoms with E-state index in [9.17, 15) is 0 Å². The summed E-state index contributed by atoms with van der Waals surface area (Å²) in [6.07, 6.45) is 5.27. The van der Waals surface area contributed by atoms with Crippen molar-refractivity contribution in [2.45, 2.75) is 38.9 Å². The number of fused-ring (bicyclic) bond motifs is 1. The van der Waals surface area contributed by atoms with Crippen LogP contribution in [0.25, 0.3) is 0 Å². The Morgan fingerprint density at radius 1 is 1.27 bits per heavy atom. The molecule has 0 aliphatic carbocycles. The number of aromatic nitrogens is 3. The van der Waals surface area contributed by atoms with E-state index in [1.165, 1.54) is 0 Å². The van der Waals surface area contributed by atoms with Gasteiger partial charge in [0, 0.05) is 31.3 Å². The van der Waals surface area contributed by atoms with Crippen LogP contribution in [0.4, 0.5) is 5.82 Å². The van der Waals surface area contributed by atoms with Crippen molar-refractivity contribution in [2.24, 2.45) is 5.41 Å². The van der Waals surface area contributed by atoms with E-state index in [0.29, 0.717) is 13.2 Å². The molecule has 2 aliphatic heterocycles. The molecule has 2 saturated heterocycles. The van der Waals surface area contributed by atoms with Crippen molar-refractivity contribution >= 4 is 5.82 Å². The van der Waals surface area contributed by atoms with Crippen LogP contribution in [0.1, 0.15) is 30.7 Å². The number of rotatable bonds is 5. The maximum Gasteiger partial charge on any atom is 0.151 e. The van der Waals surface area contributed by atoms with Gasteiger partial charge in [0.15, 0.2) is 5.82 Å². The molecule has 2 atom stereocenters. The Morgan fingerprint density at radius 3 is 3.04 bits per heavy atom. The Labute approximate surface area is 154 Å². The Bertz CT molecular complexity index is 710. The largest absolute Gasteiger partial charge is 0.377 e. The highest BCUT2D eigenvalue weighted by molar-refractivity contribution is 5.39. The van der Waals surface area contributed by atoms with E-state index in [-0.39, 0.29) is 11.5 Å². The highest BCUT2D eigenvalue weighted by Gasteiger charge is 2.46. The lowest BCUT2D eigenvalue weighted by molar-refractivity contribution is -0.127. The van der Waals surface area contributed by atoms with Crippen LogP contribution in [-0.4, -0.2) is 47.6 Å². The van der Waals surface area contributed by atoms with Crippen molar-refractivity contribution in [3.63, 3.8) is 0 Å². The molecule has 2 aromatic heterocycles. The summed E-state index contributed by atoms with van der Waals surface area (Å²) in [5.74, 6) is 0.948. The fraction of sp³-hybridized carbons (Fsp3) is 0.550. The molecular weight excluding hydrogens is 328 g/mol. The summed E-state index contributed by atoms with van der Waals surface area (Å²) < 4.78 is 12.3. The average molecular weight is 354 g/mol. The van der Waals surface area contributed by atoms with Crippen molar-refractivity contribution in [3.8, 4) is 0 Å². The van der Waals surface area contributed by atoms with Crippen molar-refractivity contribution < 1.29 is 9.47 Å². The van der Waals surface area contributed by atoms with Gasteiger partial charge in [0.1, 0.15) is 0 Å². The van der Waals surface area contributed by atoms with Crippen molar-refractivity contribution in [2.75, 3.05) is 31.2 Å². The molecule has 6 nitrogen and oxygen atoms in total. The van der Waals surface area contributed by atoms with Crippen LogP contribution in [0.5, 0.6) is 0 Å². The molecular formula is C20H26N4O2.